The highest BCUT2D eigenvalue weighted by Gasteiger charge is 2.22. The average Bonchev–Trinajstić information content (AvgIpc) is 3.44. The summed E-state index contributed by atoms with van der Waals surface area (Å²) >= 11 is 7.75. The molecule has 8 heteroatoms. The zero-order valence-corrected chi connectivity index (χ0v) is 20.4. The molecule has 0 saturated carbocycles. The number of hydrogen-bond donors (Lipinski definition) is 0. The Hall–Kier alpha value is -2.22. The average molecular weight is 488 g/mol. The van der Waals surface area contributed by atoms with Gasteiger partial charge in [0, 0.05) is 28.7 Å². The molecule has 1 saturated heterocycles. The summed E-state index contributed by atoms with van der Waals surface area (Å²) in [4.78, 5) is 2.77. The summed E-state index contributed by atoms with van der Waals surface area (Å²) < 4.78 is 29.3. The van der Waals surface area contributed by atoms with E-state index in [1.165, 1.54) is 23.9 Å². The molecule has 32 heavy (non-hydrogen) atoms. The van der Waals surface area contributed by atoms with E-state index in [1.807, 2.05) is 19.9 Å². The van der Waals surface area contributed by atoms with Crippen LogP contribution in [0.1, 0.15) is 29.5 Å². The fraction of sp³-hybridized carbons (Fsp3) is 0.292. The second-order valence-corrected chi connectivity index (χ2v) is 10.9. The number of aryl methyl sites for hydroxylation is 1. The van der Waals surface area contributed by atoms with Crippen LogP contribution in [0.3, 0.4) is 0 Å². The Kier molecular flexibility index (Phi) is 6.70. The van der Waals surface area contributed by atoms with E-state index >= 15 is 0 Å². The largest absolute Gasteiger partial charge is 0.874 e. The number of hydrogen-bond acceptors (Lipinski definition) is 5. The molecule has 2 aliphatic heterocycles. The van der Waals surface area contributed by atoms with Crippen LogP contribution in [-0.2, 0) is 16.4 Å². The molecule has 2 aromatic rings. The number of allylic oxidation sites excluding steroid dienone is 3. The molecule has 5 nitrogen and oxygen atoms in total. The van der Waals surface area contributed by atoms with Gasteiger partial charge in [-0.1, -0.05) is 41.6 Å². The van der Waals surface area contributed by atoms with Gasteiger partial charge in [0.05, 0.1) is 10.6 Å². The fourth-order valence-electron chi connectivity index (χ4n) is 4.21. The normalized spacial score (nSPS) is 19.2. The van der Waals surface area contributed by atoms with Crippen molar-refractivity contribution in [3.05, 3.63) is 80.3 Å². The Labute approximate surface area is 198 Å². The third-order valence-electron chi connectivity index (χ3n) is 5.73. The van der Waals surface area contributed by atoms with E-state index in [-0.39, 0.29) is 22.8 Å². The van der Waals surface area contributed by atoms with Crippen LogP contribution in [-0.4, -0.2) is 27.2 Å². The van der Waals surface area contributed by atoms with Crippen molar-refractivity contribution in [3.8, 4) is 0 Å². The van der Waals surface area contributed by atoms with Gasteiger partial charge in [-0.25, -0.2) is 0 Å². The standard InChI is InChI=1S/C24H25ClN2O3S2/c1-16-14-20(25)19(17(2)23(16)27-11-6-7-12-27)15-22(28)24-21(10-13-31-24)26-32(29,30)18-8-4-3-5-9-18/h3-5,8-10,13-14,28H,6-7,11-12,15H2,1-2H3/p-1/b24-22-,26-21+. The van der Waals surface area contributed by atoms with E-state index in [0.29, 0.717) is 9.93 Å². The van der Waals surface area contributed by atoms with Crippen LogP contribution >= 0.6 is 23.4 Å². The van der Waals surface area contributed by atoms with Crippen molar-refractivity contribution >= 4 is 44.8 Å². The molecule has 2 aromatic carbocycles. The maximum Gasteiger partial charge on any atom is 0.282 e. The van der Waals surface area contributed by atoms with Crippen molar-refractivity contribution in [1.29, 1.82) is 0 Å². The van der Waals surface area contributed by atoms with E-state index in [9.17, 15) is 13.5 Å². The molecule has 168 valence electrons. The molecule has 0 N–H and O–H groups in total. The molecule has 0 aromatic heterocycles. The number of halogens is 1. The van der Waals surface area contributed by atoms with Crippen LogP contribution in [0.5, 0.6) is 0 Å². The number of anilines is 1. The van der Waals surface area contributed by atoms with Crippen LogP contribution in [0.15, 0.2) is 67.8 Å². The van der Waals surface area contributed by atoms with E-state index in [2.05, 4.69) is 9.30 Å². The molecule has 0 atom stereocenters. The first-order chi connectivity index (χ1) is 15.3. The minimum absolute atomic E-state index is 0.0947. The summed E-state index contributed by atoms with van der Waals surface area (Å²) in [5.74, 6) is -0.191. The summed E-state index contributed by atoms with van der Waals surface area (Å²) in [5, 5.41) is 15.5. The number of rotatable bonds is 5. The quantitative estimate of drug-likeness (QED) is 0.568. The van der Waals surface area contributed by atoms with Gasteiger partial charge in [0.2, 0.25) is 0 Å². The SMILES string of the molecule is Cc1cc(Cl)c(C/C([O-])=C2/SC=C/C2=N\S(=O)(=O)c2ccccc2)c(C)c1N1CCCC1. The topological polar surface area (TPSA) is 72.8 Å². The molecule has 2 heterocycles. The van der Waals surface area contributed by atoms with Gasteiger partial charge in [-0.2, -0.15) is 12.8 Å². The van der Waals surface area contributed by atoms with Gasteiger partial charge >= 0.3 is 0 Å². The first-order valence-corrected chi connectivity index (χ1v) is 13.1. The van der Waals surface area contributed by atoms with Gasteiger partial charge in [0.15, 0.2) is 0 Å². The summed E-state index contributed by atoms with van der Waals surface area (Å²) in [6, 6.07) is 9.92. The number of nitrogens with zero attached hydrogens (tertiary/aromatic N) is 2. The van der Waals surface area contributed by atoms with Crippen molar-refractivity contribution in [1.82, 2.24) is 0 Å². The lowest BCUT2D eigenvalue weighted by atomic mass is 9.98. The Bertz CT molecular complexity index is 1230. The van der Waals surface area contributed by atoms with Crippen molar-refractivity contribution < 1.29 is 13.5 Å². The highest BCUT2D eigenvalue weighted by molar-refractivity contribution is 8.07. The summed E-state index contributed by atoms with van der Waals surface area (Å²) in [5.41, 5.74) is 4.22. The van der Waals surface area contributed by atoms with Crippen LogP contribution in [0.25, 0.3) is 0 Å². The maximum atomic E-state index is 13.2. The van der Waals surface area contributed by atoms with E-state index in [0.717, 1.165) is 48.3 Å². The zero-order chi connectivity index (χ0) is 22.9. The molecule has 0 radical (unpaired) electrons. The fourth-order valence-corrected chi connectivity index (χ4v) is 6.42. The summed E-state index contributed by atoms with van der Waals surface area (Å²) in [6.45, 7) is 6.06. The molecule has 0 amide bonds. The summed E-state index contributed by atoms with van der Waals surface area (Å²) in [6.07, 6.45) is 3.98. The van der Waals surface area contributed by atoms with Gasteiger partial charge in [0.25, 0.3) is 10.0 Å². The summed E-state index contributed by atoms with van der Waals surface area (Å²) in [7, 11) is -3.91. The van der Waals surface area contributed by atoms with E-state index < -0.39 is 10.0 Å². The Morgan fingerprint density at radius 3 is 2.56 bits per heavy atom. The Balaban J connectivity index is 1.69. The lowest BCUT2D eigenvalue weighted by Crippen LogP contribution is -2.21. The van der Waals surface area contributed by atoms with Crippen LogP contribution in [0.4, 0.5) is 5.69 Å². The molecule has 1 fully saturated rings. The molecular formula is C24H24ClN2O3S2-. The third kappa shape index (κ3) is 4.60. The van der Waals surface area contributed by atoms with Crippen LogP contribution < -0.4 is 10.0 Å². The van der Waals surface area contributed by atoms with Gasteiger partial charge < -0.3 is 10.0 Å². The molecule has 0 unspecified atom stereocenters. The smallest absolute Gasteiger partial charge is 0.282 e. The van der Waals surface area contributed by atoms with Crippen LogP contribution in [0.2, 0.25) is 5.02 Å². The van der Waals surface area contributed by atoms with Crippen molar-refractivity contribution in [2.24, 2.45) is 4.40 Å². The van der Waals surface area contributed by atoms with Gasteiger partial charge in [-0.15, -0.1) is 5.76 Å². The number of sulfonamides is 1. The third-order valence-corrected chi connectivity index (χ3v) is 8.32. The number of thioether (sulfide) groups is 1. The van der Waals surface area contributed by atoms with E-state index in [1.54, 1.807) is 29.7 Å². The van der Waals surface area contributed by atoms with Crippen molar-refractivity contribution in [3.63, 3.8) is 0 Å². The van der Waals surface area contributed by atoms with Gasteiger partial charge in [-0.3, -0.25) is 0 Å². The first-order valence-electron chi connectivity index (χ1n) is 10.4. The molecular weight excluding hydrogens is 464 g/mol. The highest BCUT2D eigenvalue weighted by Crippen LogP contribution is 2.37. The van der Waals surface area contributed by atoms with Crippen molar-refractivity contribution in [2.75, 3.05) is 18.0 Å². The minimum atomic E-state index is -3.91. The molecule has 4 rings (SSSR count). The zero-order valence-electron chi connectivity index (χ0n) is 18.0. The lowest BCUT2D eigenvalue weighted by molar-refractivity contribution is -0.305. The lowest BCUT2D eigenvalue weighted by Gasteiger charge is -2.26. The monoisotopic (exact) mass is 487 g/mol. The predicted molar refractivity (Wildman–Crippen MR) is 131 cm³/mol. The molecule has 0 bridgehead atoms. The second-order valence-electron chi connectivity index (χ2n) is 7.94. The molecule has 0 spiro atoms. The second kappa shape index (κ2) is 9.33. The highest BCUT2D eigenvalue weighted by atomic mass is 35.5. The van der Waals surface area contributed by atoms with Gasteiger partial charge in [-0.05, 0) is 79.5 Å². The first kappa shape index (κ1) is 23.0. The van der Waals surface area contributed by atoms with Crippen LogP contribution in [0, 0.1) is 13.8 Å². The Morgan fingerprint density at radius 2 is 1.88 bits per heavy atom. The molecule has 0 aliphatic carbocycles. The predicted octanol–water partition coefficient (Wildman–Crippen LogP) is 4.76. The molecule has 2 aliphatic rings. The van der Waals surface area contributed by atoms with Gasteiger partial charge in [0.1, 0.15) is 0 Å². The number of benzene rings is 2. The van der Waals surface area contributed by atoms with E-state index in [4.69, 9.17) is 11.6 Å². The van der Waals surface area contributed by atoms with Crippen molar-refractivity contribution in [2.45, 2.75) is 38.0 Å². The Morgan fingerprint density at radius 1 is 1.19 bits per heavy atom. The maximum absolute atomic E-state index is 13.2. The minimum Gasteiger partial charge on any atom is -0.874 e.